The van der Waals surface area contributed by atoms with Crippen molar-refractivity contribution in [3.8, 4) is 0 Å². The molecule has 6 heteroatoms. The lowest BCUT2D eigenvalue weighted by molar-refractivity contribution is -0.149. The second kappa shape index (κ2) is 7.31. The number of ether oxygens (including phenoxy) is 2. The summed E-state index contributed by atoms with van der Waals surface area (Å²) in [6.45, 7) is 9.79. The van der Waals surface area contributed by atoms with Gasteiger partial charge in [0.05, 0.1) is 12.1 Å². The van der Waals surface area contributed by atoms with E-state index >= 15 is 0 Å². The Morgan fingerprint density at radius 1 is 1.23 bits per heavy atom. The SMILES string of the molecule is CCCCCCC(OC(=O)N1C(C)(C)COC1(C)C)C(=O)O. The first-order chi connectivity index (χ1) is 10.1. The van der Waals surface area contributed by atoms with Crippen molar-refractivity contribution in [2.24, 2.45) is 0 Å². The van der Waals surface area contributed by atoms with Crippen LogP contribution in [0.25, 0.3) is 0 Å². The second-order valence-electron chi connectivity index (χ2n) is 6.94. The molecule has 1 saturated heterocycles. The molecule has 1 fully saturated rings. The maximum atomic E-state index is 12.4. The standard InChI is InChI=1S/C16H29NO5/c1-6-7-8-9-10-12(13(18)19)22-14(20)17-15(2,3)11-21-16(17,4)5/h12H,6-11H2,1-5H3,(H,18,19). The van der Waals surface area contributed by atoms with Crippen LogP contribution in [-0.4, -0.2) is 46.0 Å². The van der Waals surface area contributed by atoms with E-state index in [1.807, 2.05) is 13.8 Å². The molecule has 1 N–H and O–H groups in total. The van der Waals surface area contributed by atoms with E-state index in [1.54, 1.807) is 13.8 Å². The van der Waals surface area contributed by atoms with E-state index in [0.717, 1.165) is 25.7 Å². The Bertz CT molecular complexity index is 389. The lowest BCUT2D eigenvalue weighted by atomic mass is 10.0. The molecule has 0 saturated carbocycles. The summed E-state index contributed by atoms with van der Waals surface area (Å²) in [6.07, 6.45) is 2.43. The Morgan fingerprint density at radius 3 is 2.32 bits per heavy atom. The number of rotatable bonds is 7. The number of nitrogens with zero attached hydrogens (tertiary/aromatic N) is 1. The number of carbonyl (C=O) groups excluding carboxylic acids is 1. The minimum atomic E-state index is -1.10. The summed E-state index contributed by atoms with van der Waals surface area (Å²) in [5, 5.41) is 9.25. The van der Waals surface area contributed by atoms with Gasteiger partial charge in [-0.1, -0.05) is 26.2 Å². The van der Waals surface area contributed by atoms with Crippen LogP contribution in [-0.2, 0) is 14.3 Å². The van der Waals surface area contributed by atoms with Gasteiger partial charge in [-0.3, -0.25) is 4.90 Å². The van der Waals surface area contributed by atoms with Gasteiger partial charge in [0.2, 0.25) is 6.10 Å². The molecule has 1 aliphatic heterocycles. The molecule has 0 radical (unpaired) electrons. The quantitative estimate of drug-likeness (QED) is 0.729. The van der Waals surface area contributed by atoms with Gasteiger partial charge in [-0.15, -0.1) is 0 Å². The maximum Gasteiger partial charge on any atom is 0.413 e. The molecule has 1 unspecified atom stereocenters. The van der Waals surface area contributed by atoms with Crippen LogP contribution in [0.3, 0.4) is 0 Å². The van der Waals surface area contributed by atoms with E-state index in [9.17, 15) is 14.7 Å². The first kappa shape index (κ1) is 18.7. The topological polar surface area (TPSA) is 76.1 Å². The molecule has 1 atom stereocenters. The monoisotopic (exact) mass is 315 g/mol. The number of carboxylic acid groups (broad SMARTS) is 1. The average molecular weight is 315 g/mol. The van der Waals surface area contributed by atoms with E-state index in [-0.39, 0.29) is 0 Å². The van der Waals surface area contributed by atoms with Crippen LogP contribution in [0.4, 0.5) is 4.79 Å². The number of unbranched alkanes of at least 4 members (excludes halogenated alkanes) is 3. The predicted molar refractivity (Wildman–Crippen MR) is 82.6 cm³/mol. The van der Waals surface area contributed by atoms with Gasteiger partial charge in [-0.2, -0.15) is 0 Å². The zero-order valence-corrected chi connectivity index (χ0v) is 14.3. The lowest BCUT2D eigenvalue weighted by Crippen LogP contribution is -2.54. The summed E-state index contributed by atoms with van der Waals surface area (Å²) >= 11 is 0. The van der Waals surface area contributed by atoms with Crippen molar-refractivity contribution in [1.29, 1.82) is 0 Å². The summed E-state index contributed by atoms with van der Waals surface area (Å²) in [5.41, 5.74) is -1.32. The molecule has 0 aromatic heterocycles. The van der Waals surface area contributed by atoms with Crippen molar-refractivity contribution in [3.63, 3.8) is 0 Å². The van der Waals surface area contributed by atoms with Crippen LogP contribution in [0.2, 0.25) is 0 Å². The molecule has 128 valence electrons. The van der Waals surface area contributed by atoms with Crippen LogP contribution in [0, 0.1) is 0 Å². The van der Waals surface area contributed by atoms with Gasteiger partial charge in [0.1, 0.15) is 5.72 Å². The molecular formula is C16H29NO5. The molecule has 22 heavy (non-hydrogen) atoms. The Balaban J connectivity index is 2.68. The van der Waals surface area contributed by atoms with Gasteiger partial charge in [0.15, 0.2) is 0 Å². The molecule has 1 heterocycles. The van der Waals surface area contributed by atoms with Gasteiger partial charge < -0.3 is 14.6 Å². The normalized spacial score (nSPS) is 20.7. The second-order valence-corrected chi connectivity index (χ2v) is 6.94. The molecule has 0 aromatic rings. The number of amides is 1. The number of carbonyl (C=O) groups is 2. The van der Waals surface area contributed by atoms with Crippen molar-refractivity contribution < 1.29 is 24.2 Å². The summed E-state index contributed by atoms with van der Waals surface area (Å²) in [6, 6.07) is 0. The molecule has 1 amide bonds. The number of carboxylic acids is 1. The molecule has 6 nitrogen and oxygen atoms in total. The van der Waals surface area contributed by atoms with Gasteiger partial charge >= 0.3 is 12.1 Å². The molecular weight excluding hydrogens is 286 g/mol. The van der Waals surface area contributed by atoms with E-state index in [0.29, 0.717) is 13.0 Å². The number of hydrogen-bond acceptors (Lipinski definition) is 4. The molecule has 1 aliphatic rings. The van der Waals surface area contributed by atoms with Gasteiger partial charge in [0.25, 0.3) is 0 Å². The summed E-state index contributed by atoms with van der Waals surface area (Å²) < 4.78 is 10.9. The zero-order valence-electron chi connectivity index (χ0n) is 14.3. The fraction of sp³-hybridized carbons (Fsp3) is 0.875. The molecule has 0 spiro atoms. The van der Waals surface area contributed by atoms with E-state index in [2.05, 4.69) is 6.92 Å². The highest BCUT2D eigenvalue weighted by Gasteiger charge is 2.50. The fourth-order valence-corrected chi connectivity index (χ4v) is 2.84. The van der Waals surface area contributed by atoms with Crippen molar-refractivity contribution in [1.82, 2.24) is 4.90 Å². The summed E-state index contributed by atoms with van der Waals surface area (Å²) in [4.78, 5) is 25.2. The third-order valence-electron chi connectivity index (χ3n) is 3.94. The smallest absolute Gasteiger partial charge is 0.413 e. The molecule has 0 aromatic carbocycles. The van der Waals surface area contributed by atoms with Crippen LogP contribution in [0.5, 0.6) is 0 Å². The first-order valence-corrected chi connectivity index (χ1v) is 7.99. The number of hydrogen-bond donors (Lipinski definition) is 1. The van der Waals surface area contributed by atoms with Crippen molar-refractivity contribution in [2.45, 2.75) is 84.1 Å². The van der Waals surface area contributed by atoms with Gasteiger partial charge in [-0.25, -0.2) is 9.59 Å². The van der Waals surface area contributed by atoms with E-state index in [4.69, 9.17) is 9.47 Å². The lowest BCUT2D eigenvalue weighted by Gasteiger charge is -2.37. The molecule has 0 aliphatic carbocycles. The highest BCUT2D eigenvalue weighted by molar-refractivity contribution is 5.78. The zero-order chi connectivity index (χ0) is 17.0. The maximum absolute atomic E-state index is 12.4. The minimum absolute atomic E-state index is 0.344. The minimum Gasteiger partial charge on any atom is -0.479 e. The summed E-state index contributed by atoms with van der Waals surface area (Å²) in [7, 11) is 0. The van der Waals surface area contributed by atoms with Crippen LogP contribution < -0.4 is 0 Å². The van der Waals surface area contributed by atoms with Crippen LogP contribution >= 0.6 is 0 Å². The molecule has 1 rings (SSSR count). The Kier molecular flexibility index (Phi) is 6.23. The Labute approximate surface area is 132 Å². The fourth-order valence-electron chi connectivity index (χ4n) is 2.84. The third kappa shape index (κ3) is 4.60. The van der Waals surface area contributed by atoms with Crippen molar-refractivity contribution in [3.05, 3.63) is 0 Å². The van der Waals surface area contributed by atoms with Gasteiger partial charge in [-0.05, 0) is 40.5 Å². The van der Waals surface area contributed by atoms with E-state index < -0.39 is 29.4 Å². The molecule has 0 bridgehead atoms. The van der Waals surface area contributed by atoms with Crippen LogP contribution in [0.1, 0.15) is 66.7 Å². The third-order valence-corrected chi connectivity index (χ3v) is 3.94. The Hall–Kier alpha value is -1.30. The Morgan fingerprint density at radius 2 is 1.86 bits per heavy atom. The van der Waals surface area contributed by atoms with Gasteiger partial charge in [0, 0.05) is 0 Å². The number of aliphatic carboxylic acids is 1. The summed E-state index contributed by atoms with van der Waals surface area (Å²) in [5.74, 6) is -1.10. The van der Waals surface area contributed by atoms with Crippen molar-refractivity contribution in [2.75, 3.05) is 6.61 Å². The predicted octanol–water partition coefficient (Wildman–Crippen LogP) is 3.39. The largest absolute Gasteiger partial charge is 0.479 e. The highest BCUT2D eigenvalue weighted by Crippen LogP contribution is 2.35. The highest BCUT2D eigenvalue weighted by atomic mass is 16.6. The van der Waals surface area contributed by atoms with Crippen LogP contribution in [0.15, 0.2) is 0 Å². The van der Waals surface area contributed by atoms with E-state index in [1.165, 1.54) is 4.90 Å². The first-order valence-electron chi connectivity index (χ1n) is 7.99. The van der Waals surface area contributed by atoms with Crippen molar-refractivity contribution >= 4 is 12.1 Å². The average Bonchev–Trinajstić information content (AvgIpc) is 2.61.